The van der Waals surface area contributed by atoms with Crippen LogP contribution in [-0.4, -0.2) is 34.4 Å². The van der Waals surface area contributed by atoms with Crippen molar-refractivity contribution in [3.8, 4) is 0 Å². The number of imidazole rings is 1. The third kappa shape index (κ3) is 3.34. The van der Waals surface area contributed by atoms with E-state index < -0.39 is 8.32 Å². The maximum atomic E-state index is 11.9. The molecule has 2 aromatic rings. The summed E-state index contributed by atoms with van der Waals surface area (Å²) in [4.78, 5) is 22.6. The predicted octanol–water partition coefficient (Wildman–Crippen LogP) is 2.53. The smallest absolute Gasteiger partial charge is 0.280 e. The van der Waals surface area contributed by atoms with Gasteiger partial charge in [-0.1, -0.05) is 20.8 Å². The monoisotopic (exact) mass is 363 g/mol. The first-order valence-electron chi connectivity index (χ1n) is 8.30. The van der Waals surface area contributed by atoms with Crippen molar-refractivity contribution >= 4 is 25.4 Å². The molecule has 25 heavy (non-hydrogen) atoms. The molecule has 0 fully saturated rings. The van der Waals surface area contributed by atoms with Gasteiger partial charge in [0.2, 0.25) is 5.95 Å². The van der Waals surface area contributed by atoms with Crippen LogP contribution in [0, 0.1) is 0 Å². The molecule has 2 aromatic heterocycles. The Hall–Kier alpha value is -2.13. The summed E-state index contributed by atoms with van der Waals surface area (Å²) in [5.74, 6) is 0.862. The first-order chi connectivity index (χ1) is 11.6. The van der Waals surface area contributed by atoms with Crippen molar-refractivity contribution in [2.45, 2.75) is 51.6 Å². The molecule has 0 amide bonds. The van der Waals surface area contributed by atoms with Crippen molar-refractivity contribution in [3.63, 3.8) is 0 Å². The lowest BCUT2D eigenvalue weighted by Crippen LogP contribution is -2.41. The van der Waals surface area contributed by atoms with Crippen LogP contribution in [0.2, 0.25) is 18.1 Å². The zero-order chi connectivity index (χ0) is 18.4. The quantitative estimate of drug-likeness (QED) is 0.808. The summed E-state index contributed by atoms with van der Waals surface area (Å²) in [7, 11) is -1.83. The van der Waals surface area contributed by atoms with E-state index in [1.165, 1.54) is 0 Å². The Balaban J connectivity index is 1.72. The molecule has 1 aliphatic rings. The minimum atomic E-state index is -1.83. The fourth-order valence-electron chi connectivity index (χ4n) is 2.39. The van der Waals surface area contributed by atoms with E-state index in [-0.39, 0.29) is 28.3 Å². The van der Waals surface area contributed by atoms with Gasteiger partial charge in [-0.25, -0.2) is 4.98 Å². The van der Waals surface area contributed by atoms with Crippen LogP contribution >= 0.6 is 0 Å². The highest BCUT2D eigenvalue weighted by Crippen LogP contribution is 2.37. The Morgan fingerprint density at radius 2 is 2.20 bits per heavy atom. The maximum Gasteiger partial charge on any atom is 0.280 e. The van der Waals surface area contributed by atoms with Crippen LogP contribution in [-0.2, 0) is 9.16 Å². The number of ether oxygens (including phenoxy) is 1. The molecular weight excluding hydrogens is 338 g/mol. The summed E-state index contributed by atoms with van der Waals surface area (Å²) in [5.41, 5.74) is 5.96. The molecule has 9 heteroatoms. The van der Waals surface area contributed by atoms with Crippen molar-refractivity contribution in [2.24, 2.45) is 0 Å². The average Bonchev–Trinajstić information content (AvgIpc) is 3.10. The van der Waals surface area contributed by atoms with Crippen molar-refractivity contribution in [1.29, 1.82) is 0 Å². The van der Waals surface area contributed by atoms with Gasteiger partial charge in [-0.05, 0) is 24.2 Å². The van der Waals surface area contributed by atoms with Crippen molar-refractivity contribution in [3.05, 3.63) is 28.5 Å². The predicted molar refractivity (Wildman–Crippen MR) is 98.5 cm³/mol. The number of nitrogens with two attached hydrogens (primary N) is 1. The van der Waals surface area contributed by atoms with Gasteiger partial charge >= 0.3 is 0 Å². The van der Waals surface area contributed by atoms with E-state index in [0.29, 0.717) is 18.7 Å². The lowest BCUT2D eigenvalue weighted by atomic mass is 10.2. The van der Waals surface area contributed by atoms with Crippen molar-refractivity contribution < 1.29 is 9.16 Å². The molecule has 1 atom stereocenters. The number of aromatic nitrogens is 4. The molecule has 136 valence electrons. The largest absolute Gasteiger partial charge is 0.472 e. The molecule has 0 aromatic carbocycles. The highest BCUT2D eigenvalue weighted by molar-refractivity contribution is 6.74. The van der Waals surface area contributed by atoms with Crippen LogP contribution in [0.25, 0.3) is 11.2 Å². The van der Waals surface area contributed by atoms with Gasteiger partial charge in [0.05, 0.1) is 6.61 Å². The van der Waals surface area contributed by atoms with E-state index in [4.69, 9.17) is 14.9 Å². The summed E-state index contributed by atoms with van der Waals surface area (Å²) < 4.78 is 13.9. The van der Waals surface area contributed by atoms with Crippen molar-refractivity contribution in [2.75, 3.05) is 12.3 Å². The first-order valence-corrected chi connectivity index (χ1v) is 11.2. The number of hydrogen-bond acceptors (Lipinski definition) is 6. The highest BCUT2D eigenvalue weighted by Gasteiger charge is 2.37. The Morgan fingerprint density at radius 1 is 1.48 bits per heavy atom. The van der Waals surface area contributed by atoms with Gasteiger partial charge in [-0.2, -0.15) is 4.98 Å². The van der Waals surface area contributed by atoms with Crippen LogP contribution < -0.4 is 11.3 Å². The Bertz CT molecular complexity index is 878. The van der Waals surface area contributed by atoms with Gasteiger partial charge in [0.25, 0.3) is 5.56 Å². The van der Waals surface area contributed by atoms with Crippen molar-refractivity contribution in [1.82, 2.24) is 19.5 Å². The van der Waals surface area contributed by atoms with Gasteiger partial charge in [-0.15, -0.1) is 0 Å². The van der Waals surface area contributed by atoms with Crippen LogP contribution in [0.1, 0.15) is 33.4 Å². The summed E-state index contributed by atoms with van der Waals surface area (Å²) in [5, 5.41) is 0.147. The minimum absolute atomic E-state index is 0.0617. The third-order valence-corrected chi connectivity index (χ3v) is 9.46. The average molecular weight is 363 g/mol. The SMILES string of the molecule is CC(C)(C)[Si](C)(C)OCC1=CCC(n2cnc3c(=O)[nH]c(N)nc32)O1. The standard InChI is InChI=1S/C16H25N5O3Si/c1-16(2,3)25(4,5)23-8-10-6-7-11(24-10)21-9-18-12-13(21)19-15(17)20-14(12)22/h6,9,11H,7-8H2,1-5H3,(H3,17,19,20,22). The molecule has 0 saturated carbocycles. The van der Waals surface area contributed by atoms with Crippen LogP contribution in [0.15, 0.2) is 23.0 Å². The lowest BCUT2D eigenvalue weighted by molar-refractivity contribution is 0.0670. The molecule has 0 saturated heterocycles. The molecule has 8 nitrogen and oxygen atoms in total. The maximum absolute atomic E-state index is 11.9. The molecule has 0 aliphatic carbocycles. The van der Waals surface area contributed by atoms with E-state index in [1.54, 1.807) is 10.9 Å². The zero-order valence-corrected chi connectivity index (χ0v) is 16.3. The first kappa shape index (κ1) is 17.7. The molecule has 3 heterocycles. The number of nitrogen functional groups attached to an aromatic ring is 1. The lowest BCUT2D eigenvalue weighted by Gasteiger charge is -2.36. The fraction of sp³-hybridized carbons (Fsp3) is 0.562. The van der Waals surface area contributed by atoms with Gasteiger partial charge in [0.15, 0.2) is 25.7 Å². The van der Waals surface area contributed by atoms with Crippen LogP contribution in [0.4, 0.5) is 5.95 Å². The normalized spacial score (nSPS) is 18.4. The van der Waals surface area contributed by atoms with Crippen LogP contribution in [0.5, 0.6) is 0 Å². The summed E-state index contributed by atoms with van der Waals surface area (Å²) >= 11 is 0. The Labute approximate surface area is 147 Å². The minimum Gasteiger partial charge on any atom is -0.472 e. The molecular formula is C16H25N5O3Si. The van der Waals surface area contributed by atoms with E-state index in [9.17, 15) is 4.79 Å². The molecule has 3 N–H and O–H groups in total. The third-order valence-electron chi connectivity index (χ3n) is 4.98. The topological polar surface area (TPSA) is 108 Å². The molecule has 0 bridgehead atoms. The number of anilines is 1. The fourth-order valence-corrected chi connectivity index (χ4v) is 3.32. The summed E-state index contributed by atoms with van der Waals surface area (Å²) in [6.45, 7) is 11.5. The van der Waals surface area contributed by atoms with E-state index in [0.717, 1.165) is 5.76 Å². The number of hydrogen-bond donors (Lipinski definition) is 2. The summed E-state index contributed by atoms with van der Waals surface area (Å²) in [6.07, 6.45) is 3.94. The molecule has 1 aliphatic heterocycles. The Morgan fingerprint density at radius 3 is 2.88 bits per heavy atom. The zero-order valence-electron chi connectivity index (χ0n) is 15.3. The number of H-pyrrole nitrogens is 1. The Kier molecular flexibility index (Phi) is 4.24. The number of aromatic amines is 1. The number of fused-ring (bicyclic) bond motifs is 1. The number of nitrogens with zero attached hydrogens (tertiary/aromatic N) is 3. The van der Waals surface area contributed by atoms with Gasteiger partial charge in [-0.3, -0.25) is 14.3 Å². The van der Waals surface area contributed by atoms with Gasteiger partial charge < -0.3 is 14.9 Å². The molecule has 0 radical (unpaired) electrons. The van der Waals surface area contributed by atoms with Gasteiger partial charge in [0.1, 0.15) is 12.1 Å². The second-order valence-corrected chi connectivity index (χ2v) is 12.6. The summed E-state index contributed by atoms with van der Waals surface area (Å²) in [6, 6.07) is 0. The van der Waals surface area contributed by atoms with E-state index in [2.05, 4.69) is 48.8 Å². The van der Waals surface area contributed by atoms with Crippen LogP contribution in [0.3, 0.4) is 0 Å². The number of nitrogens with one attached hydrogen (secondary N) is 1. The van der Waals surface area contributed by atoms with E-state index in [1.807, 2.05) is 6.08 Å². The number of rotatable bonds is 4. The highest BCUT2D eigenvalue weighted by atomic mass is 28.4. The van der Waals surface area contributed by atoms with Gasteiger partial charge in [0, 0.05) is 6.42 Å². The van der Waals surface area contributed by atoms with E-state index >= 15 is 0 Å². The molecule has 3 rings (SSSR count). The molecule has 0 spiro atoms. The molecule has 1 unspecified atom stereocenters. The second kappa shape index (κ2) is 5.99. The second-order valence-electron chi connectivity index (χ2n) is 7.80.